The number of thiophene rings is 1. The van der Waals surface area contributed by atoms with Gasteiger partial charge in [0.25, 0.3) is 0 Å². The lowest BCUT2D eigenvalue weighted by atomic mass is 9.99. The maximum Gasteiger partial charge on any atom is 0.164 e. The van der Waals surface area contributed by atoms with Crippen molar-refractivity contribution in [3.8, 4) is 90.6 Å². The Labute approximate surface area is 356 Å². The van der Waals surface area contributed by atoms with Gasteiger partial charge >= 0.3 is 0 Å². The fraction of sp³-hybridized carbons (Fsp3) is 0. The van der Waals surface area contributed by atoms with Crippen molar-refractivity contribution >= 4 is 31.5 Å². The van der Waals surface area contributed by atoms with Gasteiger partial charge in [-0.15, -0.1) is 11.3 Å². The number of fused-ring (bicyclic) bond motifs is 3. The highest BCUT2D eigenvalue weighted by molar-refractivity contribution is 7.25. The van der Waals surface area contributed by atoms with Gasteiger partial charge in [-0.2, -0.15) is 0 Å². The summed E-state index contributed by atoms with van der Waals surface area (Å²) in [4.78, 5) is 29.6. The Morgan fingerprint density at radius 1 is 0.213 bits per heavy atom. The van der Waals surface area contributed by atoms with E-state index < -0.39 is 0 Å². The first-order valence-corrected chi connectivity index (χ1v) is 20.9. The molecule has 0 unspecified atom stereocenters. The second kappa shape index (κ2) is 15.6. The minimum Gasteiger partial charge on any atom is -0.208 e. The van der Waals surface area contributed by atoms with Gasteiger partial charge in [0, 0.05) is 53.6 Å². The maximum atomic E-state index is 4.97. The zero-order valence-electron chi connectivity index (χ0n) is 32.7. The summed E-state index contributed by atoms with van der Waals surface area (Å²) in [6, 6.07) is 70.8. The summed E-state index contributed by atoms with van der Waals surface area (Å²) in [6.45, 7) is 0. The third kappa shape index (κ3) is 7.24. The molecule has 0 aliphatic rings. The minimum atomic E-state index is 0.636. The van der Waals surface area contributed by atoms with Gasteiger partial charge in [-0.3, -0.25) is 0 Å². The first-order valence-electron chi connectivity index (χ1n) is 20.1. The zero-order valence-corrected chi connectivity index (χ0v) is 33.5. The van der Waals surface area contributed by atoms with Crippen molar-refractivity contribution in [2.24, 2.45) is 0 Å². The third-order valence-corrected chi connectivity index (χ3v) is 11.9. The average molecular weight is 799 g/mol. The van der Waals surface area contributed by atoms with Crippen LogP contribution in [0.4, 0.5) is 0 Å². The third-order valence-electron chi connectivity index (χ3n) is 10.8. The molecule has 61 heavy (non-hydrogen) atoms. The number of nitrogens with zero attached hydrogens (tertiary/aromatic N) is 6. The fourth-order valence-electron chi connectivity index (χ4n) is 7.69. The van der Waals surface area contributed by atoms with E-state index in [0.717, 1.165) is 55.6 Å². The summed E-state index contributed by atoms with van der Waals surface area (Å²) in [5.74, 6) is 3.86. The number of hydrogen-bond acceptors (Lipinski definition) is 7. The summed E-state index contributed by atoms with van der Waals surface area (Å²) in [7, 11) is 0. The molecule has 0 spiro atoms. The van der Waals surface area contributed by atoms with E-state index >= 15 is 0 Å². The standard InChI is InChI=1S/C54H34N6S/c1-5-15-35(16-6-1)49-55-50(36-17-7-2-8-18-36)58-53(57-49)43-25-13-23-39(31-43)41-28-30-47-46(33-41)45-29-27-42(34-48(45)61-47)40-24-14-26-44(32-40)54-59-51(37-19-9-3-10-20-37)56-52(60-54)38-21-11-4-12-22-38/h1-34H. The summed E-state index contributed by atoms with van der Waals surface area (Å²) < 4.78 is 2.47. The lowest BCUT2D eigenvalue weighted by Gasteiger charge is -2.10. The van der Waals surface area contributed by atoms with Gasteiger partial charge in [0.05, 0.1) is 0 Å². The molecule has 0 bridgehead atoms. The molecule has 0 saturated carbocycles. The van der Waals surface area contributed by atoms with Gasteiger partial charge in [0.2, 0.25) is 0 Å². The van der Waals surface area contributed by atoms with Crippen molar-refractivity contribution in [3.05, 3.63) is 206 Å². The van der Waals surface area contributed by atoms with Crippen LogP contribution in [0.1, 0.15) is 0 Å². The van der Waals surface area contributed by atoms with Crippen LogP contribution < -0.4 is 0 Å². The van der Waals surface area contributed by atoms with Crippen molar-refractivity contribution in [2.45, 2.75) is 0 Å². The second-order valence-electron chi connectivity index (χ2n) is 14.8. The molecule has 0 radical (unpaired) electrons. The topological polar surface area (TPSA) is 77.3 Å². The molecule has 0 saturated heterocycles. The van der Waals surface area contributed by atoms with Crippen LogP contribution >= 0.6 is 11.3 Å². The van der Waals surface area contributed by atoms with Crippen LogP contribution in [0.25, 0.3) is 111 Å². The Kier molecular flexibility index (Phi) is 9.26. The summed E-state index contributed by atoms with van der Waals surface area (Å²) in [5.41, 5.74) is 10.1. The average Bonchev–Trinajstić information content (AvgIpc) is 3.72. The molecule has 286 valence electrons. The van der Waals surface area contributed by atoms with E-state index in [1.807, 2.05) is 133 Å². The molecule has 6 nitrogen and oxygen atoms in total. The maximum absolute atomic E-state index is 4.97. The molecule has 0 N–H and O–H groups in total. The first-order chi connectivity index (χ1) is 30.2. The molecule has 0 atom stereocenters. The molecule has 8 aromatic carbocycles. The van der Waals surface area contributed by atoms with Gasteiger partial charge in [-0.1, -0.05) is 176 Å². The molecule has 11 aromatic rings. The summed E-state index contributed by atoms with van der Waals surface area (Å²) in [6.07, 6.45) is 0. The molecule has 0 amide bonds. The Bertz CT molecular complexity index is 3240. The molecular weight excluding hydrogens is 765 g/mol. The highest BCUT2D eigenvalue weighted by Gasteiger charge is 2.16. The predicted molar refractivity (Wildman–Crippen MR) is 250 cm³/mol. The normalized spacial score (nSPS) is 11.3. The van der Waals surface area contributed by atoms with E-state index in [4.69, 9.17) is 29.9 Å². The van der Waals surface area contributed by atoms with Crippen LogP contribution in [0, 0.1) is 0 Å². The van der Waals surface area contributed by atoms with Crippen LogP contribution in [-0.4, -0.2) is 29.9 Å². The highest BCUT2D eigenvalue weighted by Crippen LogP contribution is 2.39. The predicted octanol–water partition coefficient (Wildman–Crippen LogP) is 13.8. The summed E-state index contributed by atoms with van der Waals surface area (Å²) in [5, 5.41) is 2.46. The monoisotopic (exact) mass is 798 g/mol. The van der Waals surface area contributed by atoms with Crippen molar-refractivity contribution in [1.29, 1.82) is 0 Å². The second-order valence-corrected chi connectivity index (χ2v) is 15.8. The van der Waals surface area contributed by atoms with Crippen LogP contribution in [0.15, 0.2) is 206 Å². The lowest BCUT2D eigenvalue weighted by molar-refractivity contribution is 1.07. The van der Waals surface area contributed by atoms with Gasteiger partial charge in [-0.05, 0) is 52.6 Å². The van der Waals surface area contributed by atoms with Crippen molar-refractivity contribution in [1.82, 2.24) is 29.9 Å². The number of rotatable bonds is 8. The molecule has 7 heteroatoms. The highest BCUT2D eigenvalue weighted by atomic mass is 32.1. The Morgan fingerprint density at radius 3 is 0.967 bits per heavy atom. The molecule has 0 fully saturated rings. The van der Waals surface area contributed by atoms with Crippen LogP contribution in [0.2, 0.25) is 0 Å². The zero-order chi connectivity index (χ0) is 40.5. The largest absolute Gasteiger partial charge is 0.208 e. The number of benzene rings is 8. The van der Waals surface area contributed by atoms with Crippen molar-refractivity contribution < 1.29 is 0 Å². The Balaban J connectivity index is 0.934. The van der Waals surface area contributed by atoms with E-state index in [-0.39, 0.29) is 0 Å². The molecule has 0 aliphatic carbocycles. The van der Waals surface area contributed by atoms with Crippen molar-refractivity contribution in [2.75, 3.05) is 0 Å². The number of hydrogen-bond donors (Lipinski definition) is 0. The van der Waals surface area contributed by atoms with Gasteiger partial charge in [0.15, 0.2) is 34.9 Å². The molecule has 0 aliphatic heterocycles. The van der Waals surface area contributed by atoms with E-state index in [9.17, 15) is 0 Å². The fourth-order valence-corrected chi connectivity index (χ4v) is 8.81. The SMILES string of the molecule is c1ccc(-c2nc(-c3ccccc3)nc(-c3cccc(-c4ccc5c(c4)sc4ccc(-c6cccc(-c7nc(-c8ccccc8)nc(-c8ccccc8)n7)c6)cc45)c3)n2)cc1. The van der Waals surface area contributed by atoms with Crippen LogP contribution in [-0.2, 0) is 0 Å². The van der Waals surface area contributed by atoms with E-state index in [2.05, 4.69) is 84.9 Å². The van der Waals surface area contributed by atoms with E-state index in [1.54, 1.807) is 0 Å². The van der Waals surface area contributed by atoms with Crippen LogP contribution in [0.3, 0.4) is 0 Å². The van der Waals surface area contributed by atoms with Crippen molar-refractivity contribution in [3.63, 3.8) is 0 Å². The van der Waals surface area contributed by atoms with E-state index in [0.29, 0.717) is 34.9 Å². The minimum absolute atomic E-state index is 0.636. The smallest absolute Gasteiger partial charge is 0.164 e. The number of aromatic nitrogens is 6. The Hall–Kier alpha value is -8.00. The lowest BCUT2D eigenvalue weighted by Crippen LogP contribution is -2.00. The van der Waals surface area contributed by atoms with Gasteiger partial charge in [-0.25, -0.2) is 29.9 Å². The molecule has 11 rings (SSSR count). The molecule has 3 heterocycles. The summed E-state index contributed by atoms with van der Waals surface area (Å²) >= 11 is 1.81. The van der Waals surface area contributed by atoms with Gasteiger partial charge in [0.1, 0.15) is 0 Å². The first kappa shape index (κ1) is 36.1. The van der Waals surface area contributed by atoms with Crippen LogP contribution in [0.5, 0.6) is 0 Å². The van der Waals surface area contributed by atoms with E-state index in [1.165, 1.54) is 20.2 Å². The van der Waals surface area contributed by atoms with Gasteiger partial charge < -0.3 is 0 Å². The quantitative estimate of drug-likeness (QED) is 0.152. The Morgan fingerprint density at radius 2 is 0.541 bits per heavy atom. The molecular formula is C54H34N6S. The molecule has 3 aromatic heterocycles.